The molecule has 0 saturated carbocycles. The van der Waals surface area contributed by atoms with E-state index in [4.69, 9.17) is 12.2 Å². The number of phenols is 1. The number of allylic oxidation sites excluding steroid dienone is 1. The molecule has 6 nitrogen and oxygen atoms in total. The molecule has 0 aliphatic carbocycles. The molecule has 1 aliphatic heterocycles. The van der Waals surface area contributed by atoms with Crippen LogP contribution in [0.4, 0.5) is 10.1 Å². The first-order valence-electron chi connectivity index (χ1n) is 9.34. The molecular weight excluding hydrogens is 441 g/mol. The average Bonchev–Trinajstić information content (AvgIpc) is 2.98. The number of thiocarbonyl (C=S) groups is 1. The number of carboxylic acids is 1. The van der Waals surface area contributed by atoms with Crippen molar-refractivity contribution in [1.29, 1.82) is 0 Å². The van der Waals surface area contributed by atoms with E-state index in [2.05, 4.69) is 5.32 Å². The number of benzene rings is 2. The van der Waals surface area contributed by atoms with E-state index in [1.54, 1.807) is 18.2 Å². The topological polar surface area (TPSA) is 104 Å². The van der Waals surface area contributed by atoms with Crippen molar-refractivity contribution in [3.63, 3.8) is 0 Å². The maximum absolute atomic E-state index is 13.8. The predicted octanol–water partition coefficient (Wildman–Crippen LogP) is 4.64. The predicted molar refractivity (Wildman–Crippen MR) is 121 cm³/mol. The van der Waals surface area contributed by atoms with Crippen LogP contribution in [0.15, 0.2) is 47.4 Å². The Morgan fingerprint density at radius 3 is 2.68 bits per heavy atom. The lowest BCUT2D eigenvalue weighted by Gasteiger charge is -2.10. The van der Waals surface area contributed by atoms with Crippen LogP contribution in [-0.2, 0) is 9.59 Å². The minimum absolute atomic E-state index is 0.0589. The summed E-state index contributed by atoms with van der Waals surface area (Å²) in [7, 11) is 0. The van der Waals surface area contributed by atoms with E-state index in [0.717, 1.165) is 17.8 Å². The van der Waals surface area contributed by atoms with Gasteiger partial charge >= 0.3 is 5.97 Å². The zero-order valence-corrected chi connectivity index (χ0v) is 17.8. The van der Waals surface area contributed by atoms with Gasteiger partial charge in [-0.1, -0.05) is 42.2 Å². The number of amides is 1. The van der Waals surface area contributed by atoms with Gasteiger partial charge in [-0.3, -0.25) is 9.59 Å². The van der Waals surface area contributed by atoms with Crippen molar-refractivity contribution in [2.75, 3.05) is 5.32 Å². The highest BCUT2D eigenvalue weighted by Gasteiger charge is 2.34. The number of halogens is 1. The number of aromatic hydroxyl groups is 1. The Balaban J connectivity index is 1.58. The van der Waals surface area contributed by atoms with Crippen LogP contribution >= 0.6 is 24.0 Å². The van der Waals surface area contributed by atoms with Crippen molar-refractivity contribution in [3.05, 3.63) is 64.3 Å². The zero-order chi connectivity index (χ0) is 22.5. The maximum atomic E-state index is 13.8. The normalized spacial score (nSPS) is 17.2. The molecule has 1 fully saturated rings. The molecule has 2 aromatic rings. The molecule has 2 aromatic carbocycles. The van der Waals surface area contributed by atoms with E-state index >= 15 is 0 Å². The van der Waals surface area contributed by atoms with E-state index in [0.29, 0.717) is 27.5 Å². The maximum Gasteiger partial charge on any atom is 0.337 e. The highest BCUT2D eigenvalue weighted by Crippen LogP contribution is 2.38. The summed E-state index contributed by atoms with van der Waals surface area (Å²) in [5.41, 5.74) is 0.164. The Morgan fingerprint density at radius 2 is 1.97 bits per heavy atom. The molecule has 0 bridgehead atoms. The van der Waals surface area contributed by atoms with Gasteiger partial charge in [0.05, 0.1) is 26.3 Å². The van der Waals surface area contributed by atoms with E-state index in [9.17, 15) is 29.0 Å². The summed E-state index contributed by atoms with van der Waals surface area (Å²) in [5, 5.41) is 21.1. The van der Waals surface area contributed by atoms with Gasteiger partial charge in [0.15, 0.2) is 5.78 Å². The number of Topliss-reactive ketones (excluding diaryl/α,β-unsaturated/α-hetero) is 1. The Morgan fingerprint density at radius 1 is 1.23 bits per heavy atom. The van der Waals surface area contributed by atoms with Crippen LogP contribution in [0.2, 0.25) is 0 Å². The van der Waals surface area contributed by atoms with Crippen molar-refractivity contribution >= 4 is 57.6 Å². The third kappa shape index (κ3) is 5.56. The van der Waals surface area contributed by atoms with E-state index < -0.39 is 23.6 Å². The molecule has 1 saturated heterocycles. The second kappa shape index (κ2) is 9.84. The van der Waals surface area contributed by atoms with Crippen LogP contribution in [0, 0.1) is 11.7 Å². The number of anilines is 1. The molecule has 1 atom stereocenters. The second-order valence-electron chi connectivity index (χ2n) is 6.84. The first kappa shape index (κ1) is 22.6. The number of hydrogen-bond acceptors (Lipinski definition) is 6. The molecule has 1 aliphatic rings. The van der Waals surface area contributed by atoms with Crippen molar-refractivity contribution < 1.29 is 29.0 Å². The molecule has 3 N–H and O–H groups in total. The molecule has 1 unspecified atom stereocenters. The smallest absolute Gasteiger partial charge is 0.337 e. The highest BCUT2D eigenvalue weighted by atomic mass is 32.2. The van der Waals surface area contributed by atoms with Crippen molar-refractivity contribution in [1.82, 2.24) is 0 Å². The summed E-state index contributed by atoms with van der Waals surface area (Å²) in [6, 6.07) is 9.77. The summed E-state index contributed by atoms with van der Waals surface area (Å²) < 4.78 is 14.3. The van der Waals surface area contributed by atoms with Gasteiger partial charge in [-0.05, 0) is 43.2 Å². The average molecular weight is 460 g/mol. The third-order valence-corrected chi connectivity index (χ3v) is 6.21. The zero-order valence-electron chi connectivity index (χ0n) is 16.1. The van der Waals surface area contributed by atoms with Gasteiger partial charge in [-0.2, -0.15) is 0 Å². The molecule has 3 rings (SSSR count). The molecule has 0 spiro atoms. The molecule has 0 aromatic heterocycles. The highest BCUT2D eigenvalue weighted by molar-refractivity contribution is 8.27. The summed E-state index contributed by atoms with van der Waals surface area (Å²) in [5.74, 6) is -3.07. The van der Waals surface area contributed by atoms with E-state index in [1.165, 1.54) is 24.3 Å². The Kier molecular flexibility index (Phi) is 7.19. The first-order valence-corrected chi connectivity index (χ1v) is 10.6. The number of thioether (sulfide) groups is 1. The fraction of sp³-hybridized carbons (Fsp3) is 0.182. The number of hydrogen-bond donors (Lipinski definition) is 3. The van der Waals surface area contributed by atoms with Crippen LogP contribution in [0.25, 0.3) is 6.08 Å². The van der Waals surface area contributed by atoms with Crippen LogP contribution in [0.3, 0.4) is 0 Å². The van der Waals surface area contributed by atoms with Gasteiger partial charge in [0.25, 0.3) is 0 Å². The van der Waals surface area contributed by atoms with Gasteiger partial charge < -0.3 is 15.5 Å². The van der Waals surface area contributed by atoms with Crippen molar-refractivity contribution in [2.24, 2.45) is 5.92 Å². The lowest BCUT2D eigenvalue weighted by molar-refractivity contribution is -0.118. The third-order valence-electron chi connectivity index (χ3n) is 4.65. The SMILES string of the molecule is O=C(CCCC1C(=O)/C(=C/c2ccccc2F)SC1=S)Nc1ccc(O)cc1C(=O)O. The molecule has 9 heteroatoms. The number of aromatic carboxylic acids is 1. The largest absolute Gasteiger partial charge is 0.508 e. The quantitative estimate of drug-likeness (QED) is 0.315. The lowest BCUT2D eigenvalue weighted by atomic mass is 9.98. The van der Waals surface area contributed by atoms with Crippen LogP contribution in [0.1, 0.15) is 35.2 Å². The van der Waals surface area contributed by atoms with Gasteiger partial charge in [0, 0.05) is 12.0 Å². The minimum Gasteiger partial charge on any atom is -0.508 e. The summed E-state index contributed by atoms with van der Waals surface area (Å²) in [6.45, 7) is 0. The molecule has 0 radical (unpaired) electrons. The molecule has 160 valence electrons. The second-order valence-corrected chi connectivity index (χ2v) is 8.63. The number of carbonyl (C=O) groups is 3. The van der Waals surface area contributed by atoms with Gasteiger partial charge in [-0.15, -0.1) is 0 Å². The Bertz CT molecular complexity index is 1100. The van der Waals surface area contributed by atoms with E-state index in [1.807, 2.05) is 0 Å². The monoisotopic (exact) mass is 459 g/mol. The number of carboxylic acid groups (broad SMARTS) is 1. The first-order chi connectivity index (χ1) is 14.8. The molecular formula is C22H18FNO5S2. The van der Waals surface area contributed by atoms with Crippen molar-refractivity contribution in [2.45, 2.75) is 19.3 Å². The summed E-state index contributed by atoms with van der Waals surface area (Å²) >= 11 is 6.44. The summed E-state index contributed by atoms with van der Waals surface area (Å²) in [4.78, 5) is 36.5. The van der Waals surface area contributed by atoms with E-state index in [-0.39, 0.29) is 29.2 Å². The Labute approximate surface area is 187 Å². The lowest BCUT2D eigenvalue weighted by Crippen LogP contribution is -2.17. The fourth-order valence-electron chi connectivity index (χ4n) is 3.09. The summed E-state index contributed by atoms with van der Waals surface area (Å²) in [6.07, 6.45) is 2.26. The number of rotatable bonds is 7. The van der Waals surface area contributed by atoms with Gasteiger partial charge in [-0.25, -0.2) is 9.18 Å². The van der Waals surface area contributed by atoms with Gasteiger partial charge in [0.1, 0.15) is 11.6 Å². The molecule has 31 heavy (non-hydrogen) atoms. The fourth-order valence-corrected chi connectivity index (χ4v) is 4.60. The minimum atomic E-state index is -1.28. The van der Waals surface area contributed by atoms with Crippen LogP contribution < -0.4 is 5.32 Å². The number of ketones is 1. The number of nitrogens with one attached hydrogen (secondary N) is 1. The van der Waals surface area contributed by atoms with Crippen LogP contribution in [-0.4, -0.2) is 32.1 Å². The molecule has 1 heterocycles. The standard InChI is InChI=1S/C22H18FNO5S2/c23-16-6-2-1-4-12(16)10-18-20(27)14(22(30)31-18)5-3-7-19(26)24-17-9-8-13(25)11-15(17)21(28)29/h1-2,4,6,8-11,14,25H,3,5,7H2,(H,24,26)(H,28,29)/b18-10-. The van der Waals surface area contributed by atoms with Crippen LogP contribution in [0.5, 0.6) is 5.75 Å². The number of carbonyl (C=O) groups excluding carboxylic acids is 2. The van der Waals surface area contributed by atoms with Crippen molar-refractivity contribution in [3.8, 4) is 5.75 Å². The number of phenolic OH excluding ortho intramolecular Hbond substituents is 1. The molecule has 1 amide bonds. The Hall–Kier alpha value is -3.04. The van der Waals surface area contributed by atoms with Gasteiger partial charge in [0.2, 0.25) is 5.91 Å².